The number of hydrogen-bond donors (Lipinski definition) is 1. The first-order valence-electron chi connectivity index (χ1n) is 16.6. The Morgan fingerprint density at radius 3 is 2.40 bits per heavy atom. The van der Waals surface area contributed by atoms with E-state index < -0.39 is 5.97 Å². The van der Waals surface area contributed by atoms with Crippen LogP contribution in [0.4, 0.5) is 5.82 Å². The number of aromatic carboxylic acids is 1. The van der Waals surface area contributed by atoms with Gasteiger partial charge in [0, 0.05) is 53.3 Å². The van der Waals surface area contributed by atoms with Crippen LogP contribution in [0.15, 0.2) is 42.5 Å². The molecule has 50 heavy (non-hydrogen) atoms. The Labute approximate surface area is 299 Å². The summed E-state index contributed by atoms with van der Waals surface area (Å²) >= 11 is 13.4. The number of aromatic nitrogens is 5. The predicted molar refractivity (Wildman–Crippen MR) is 197 cm³/mol. The average Bonchev–Trinajstić information content (AvgIpc) is 3.65. The van der Waals surface area contributed by atoms with E-state index >= 15 is 0 Å². The molecular weight excluding hydrogens is 675 g/mol. The molecule has 1 amide bonds. The molecule has 5 heterocycles. The van der Waals surface area contributed by atoms with Gasteiger partial charge in [0.2, 0.25) is 0 Å². The quantitative estimate of drug-likeness (QED) is 0.159. The Bertz CT molecular complexity index is 2360. The molecule has 0 bridgehead atoms. The summed E-state index contributed by atoms with van der Waals surface area (Å²) in [6.45, 7) is 10.9. The fraction of sp³-hybridized carbons (Fsp3) is 0.316. The summed E-state index contributed by atoms with van der Waals surface area (Å²) in [6, 6.07) is 12.7. The minimum Gasteiger partial charge on any atom is -0.494 e. The van der Waals surface area contributed by atoms with Crippen molar-refractivity contribution in [1.29, 1.82) is 0 Å². The average molecular weight is 714 g/mol. The number of rotatable bonds is 8. The molecule has 0 radical (unpaired) electrons. The van der Waals surface area contributed by atoms with Gasteiger partial charge in [0.15, 0.2) is 5.69 Å². The number of ether oxygens (including phenoxy) is 1. The summed E-state index contributed by atoms with van der Waals surface area (Å²) in [4.78, 5) is 32.8. The van der Waals surface area contributed by atoms with Gasteiger partial charge in [-0.2, -0.15) is 5.10 Å². The molecule has 4 aromatic heterocycles. The Morgan fingerprint density at radius 1 is 1.02 bits per heavy atom. The smallest absolute Gasteiger partial charge is 0.354 e. The van der Waals surface area contributed by atoms with Gasteiger partial charge in [0.1, 0.15) is 22.9 Å². The number of anilines is 1. The monoisotopic (exact) mass is 712 g/mol. The normalized spacial score (nSPS) is 14.6. The third-order valence-corrected chi connectivity index (χ3v) is 10.8. The number of carboxylic acids is 1. The zero-order chi connectivity index (χ0) is 35.8. The van der Waals surface area contributed by atoms with E-state index in [4.69, 9.17) is 33.0 Å². The van der Waals surface area contributed by atoms with Crippen molar-refractivity contribution in [3.05, 3.63) is 92.0 Å². The molecule has 258 valence electrons. The second-order valence-electron chi connectivity index (χ2n) is 13.2. The predicted octanol–water partition coefficient (Wildman–Crippen LogP) is 8.23. The zero-order valence-corrected chi connectivity index (χ0v) is 30.6. The SMILES string of the molecule is Cc1cc(OCCCc2c3n(c4c(-c5c(C)nn(C)c5C)c(Cl)ccc24)C[C@@H](C)N(c2cc4ccc(C(=O)O)nc4n2C)C3=O)cc(C)c1Cl. The summed E-state index contributed by atoms with van der Waals surface area (Å²) in [5.74, 6) is 0.149. The first kappa shape index (κ1) is 33.7. The lowest BCUT2D eigenvalue weighted by atomic mass is 9.98. The van der Waals surface area contributed by atoms with Crippen LogP contribution in [0, 0.1) is 27.7 Å². The van der Waals surface area contributed by atoms with Crippen LogP contribution in [0.1, 0.15) is 62.4 Å². The lowest BCUT2D eigenvalue weighted by Crippen LogP contribution is -2.47. The van der Waals surface area contributed by atoms with Gasteiger partial charge in [-0.05, 0) is 101 Å². The van der Waals surface area contributed by atoms with Crippen LogP contribution in [-0.2, 0) is 27.1 Å². The molecule has 0 spiro atoms. The molecule has 12 heteroatoms. The van der Waals surface area contributed by atoms with Gasteiger partial charge in [-0.15, -0.1) is 0 Å². The van der Waals surface area contributed by atoms with Crippen LogP contribution in [-0.4, -0.2) is 53.5 Å². The van der Waals surface area contributed by atoms with Gasteiger partial charge >= 0.3 is 5.97 Å². The van der Waals surface area contributed by atoms with E-state index in [9.17, 15) is 14.7 Å². The maximum absolute atomic E-state index is 14.9. The van der Waals surface area contributed by atoms with Crippen LogP contribution in [0.3, 0.4) is 0 Å². The third-order valence-electron chi connectivity index (χ3n) is 9.91. The van der Waals surface area contributed by atoms with Gasteiger partial charge in [-0.1, -0.05) is 29.3 Å². The minimum atomic E-state index is -1.11. The number of nitrogens with zero attached hydrogens (tertiary/aromatic N) is 6. The zero-order valence-electron chi connectivity index (χ0n) is 29.1. The number of fused-ring (bicyclic) bond motifs is 4. The van der Waals surface area contributed by atoms with E-state index in [-0.39, 0.29) is 17.6 Å². The van der Waals surface area contributed by atoms with Crippen molar-refractivity contribution in [2.45, 2.75) is 60.0 Å². The van der Waals surface area contributed by atoms with E-state index in [2.05, 4.69) is 9.55 Å². The lowest BCUT2D eigenvalue weighted by Gasteiger charge is -2.35. The van der Waals surface area contributed by atoms with Crippen molar-refractivity contribution in [2.75, 3.05) is 11.5 Å². The maximum Gasteiger partial charge on any atom is 0.354 e. The van der Waals surface area contributed by atoms with Gasteiger partial charge in [0.05, 0.1) is 28.9 Å². The summed E-state index contributed by atoms with van der Waals surface area (Å²) in [7, 11) is 3.73. The molecule has 0 aliphatic carbocycles. The number of benzene rings is 2. The summed E-state index contributed by atoms with van der Waals surface area (Å²) < 4.78 is 12.0. The molecule has 1 aliphatic rings. The largest absolute Gasteiger partial charge is 0.494 e. The van der Waals surface area contributed by atoms with Crippen molar-refractivity contribution in [3.63, 3.8) is 0 Å². The van der Waals surface area contributed by atoms with Gasteiger partial charge in [-0.25, -0.2) is 9.78 Å². The number of carbonyl (C=O) groups is 2. The van der Waals surface area contributed by atoms with Gasteiger partial charge in [-0.3, -0.25) is 14.4 Å². The number of halogens is 2. The highest BCUT2D eigenvalue weighted by Gasteiger charge is 2.38. The number of aryl methyl sites for hydroxylation is 6. The second kappa shape index (κ2) is 12.5. The standard InChI is InChI=1S/C38H38Cl2N6O4/c1-19-15-25(16-20(2)33(19)40)50-14-8-9-26-27-11-12-28(39)32(31-22(4)42-44(7)23(31)5)34(27)45-18-21(3)46(37(47)35(26)45)30-17-24-10-13-29(38(48)49)41-36(24)43(30)6/h10-13,15-17,21H,8-9,14,18H2,1-7H3,(H,48,49)/t21-/m1/s1. The Kier molecular flexibility index (Phi) is 8.43. The van der Waals surface area contributed by atoms with Crippen molar-refractivity contribution in [1.82, 2.24) is 23.9 Å². The minimum absolute atomic E-state index is 0.0535. The third kappa shape index (κ3) is 5.32. The fourth-order valence-corrected chi connectivity index (χ4v) is 7.86. The van der Waals surface area contributed by atoms with E-state index in [1.165, 1.54) is 6.07 Å². The van der Waals surface area contributed by atoms with Crippen LogP contribution in [0.2, 0.25) is 10.0 Å². The molecule has 2 aromatic carbocycles. The van der Waals surface area contributed by atoms with E-state index in [1.54, 1.807) is 15.5 Å². The van der Waals surface area contributed by atoms with Crippen molar-refractivity contribution in [3.8, 4) is 16.9 Å². The molecule has 0 fully saturated rings. The van der Waals surface area contributed by atoms with E-state index in [1.807, 2.05) is 83.7 Å². The van der Waals surface area contributed by atoms with Gasteiger partial charge in [0.25, 0.3) is 5.91 Å². The van der Waals surface area contributed by atoms with Crippen molar-refractivity contribution in [2.24, 2.45) is 14.1 Å². The maximum atomic E-state index is 14.9. The number of hydrogen-bond acceptors (Lipinski definition) is 5. The Hall–Kier alpha value is -4.80. The van der Waals surface area contributed by atoms with E-state index in [0.717, 1.165) is 66.3 Å². The molecule has 10 nitrogen and oxygen atoms in total. The van der Waals surface area contributed by atoms with Crippen LogP contribution >= 0.6 is 23.2 Å². The molecule has 1 N–H and O–H groups in total. The topological polar surface area (TPSA) is 107 Å². The van der Waals surface area contributed by atoms with Crippen molar-refractivity contribution >= 4 is 62.8 Å². The summed E-state index contributed by atoms with van der Waals surface area (Å²) in [6.07, 6.45) is 1.25. The highest BCUT2D eigenvalue weighted by atomic mass is 35.5. The number of amides is 1. The van der Waals surface area contributed by atoms with E-state index in [0.29, 0.717) is 48.2 Å². The molecule has 7 rings (SSSR count). The first-order valence-corrected chi connectivity index (χ1v) is 17.3. The van der Waals surface area contributed by atoms with Gasteiger partial charge < -0.3 is 19.0 Å². The molecule has 6 aromatic rings. The van der Waals surface area contributed by atoms with Crippen LogP contribution in [0.25, 0.3) is 33.1 Å². The Morgan fingerprint density at radius 2 is 1.74 bits per heavy atom. The highest BCUT2D eigenvalue weighted by Crippen LogP contribution is 2.44. The summed E-state index contributed by atoms with van der Waals surface area (Å²) in [5, 5.41) is 17.3. The number of carbonyl (C=O) groups excluding carboxylic acids is 1. The first-order chi connectivity index (χ1) is 23.8. The number of pyridine rings is 1. The molecule has 0 unspecified atom stereocenters. The fourth-order valence-electron chi connectivity index (χ4n) is 7.50. The highest BCUT2D eigenvalue weighted by molar-refractivity contribution is 6.35. The lowest BCUT2D eigenvalue weighted by molar-refractivity contribution is 0.0690. The second-order valence-corrected chi connectivity index (χ2v) is 14.0. The molecule has 1 aliphatic heterocycles. The molecule has 0 saturated heterocycles. The van der Waals surface area contributed by atoms with Crippen LogP contribution in [0.5, 0.6) is 5.75 Å². The molecular formula is C38H38Cl2N6O4. The Balaban J connectivity index is 1.36. The molecule has 1 atom stereocenters. The number of carboxylic acid groups (broad SMARTS) is 1. The van der Waals surface area contributed by atoms with Crippen molar-refractivity contribution < 1.29 is 19.4 Å². The molecule has 0 saturated carbocycles. The summed E-state index contributed by atoms with van der Waals surface area (Å²) in [5.41, 5.74) is 8.47. The van der Waals surface area contributed by atoms with Crippen LogP contribution < -0.4 is 9.64 Å².